The van der Waals surface area contributed by atoms with E-state index < -0.39 is 0 Å². The van der Waals surface area contributed by atoms with Gasteiger partial charge < -0.3 is 15.2 Å². The molecule has 2 heterocycles. The van der Waals surface area contributed by atoms with E-state index in [1.54, 1.807) is 17.0 Å². The predicted molar refractivity (Wildman–Crippen MR) is 73.0 cm³/mol. The topological polar surface area (TPSA) is 59.0 Å². The van der Waals surface area contributed by atoms with Crippen LogP contribution in [0.2, 0.25) is 0 Å². The Morgan fingerprint density at radius 3 is 2.94 bits per heavy atom. The summed E-state index contributed by atoms with van der Waals surface area (Å²) >= 11 is 0. The Labute approximate surface area is 108 Å². The maximum absolute atomic E-state index is 12.2. The molecule has 1 saturated heterocycles. The molecular formula is C13H22N4O. The molecule has 1 aliphatic rings. The molecule has 0 aliphatic carbocycles. The standard InChI is InChI=1S/C13H22N4O/c1-13(2,3)17-8-7-15-11(12(17)18)16-9-10-5-4-6-14-10/h7-8,10,14H,4-6,9H2,1-3H3,(H,15,16). The molecule has 2 rings (SSSR count). The Morgan fingerprint density at radius 1 is 1.56 bits per heavy atom. The second-order valence-electron chi connectivity index (χ2n) is 5.80. The van der Waals surface area contributed by atoms with E-state index in [0.29, 0.717) is 11.9 Å². The molecule has 0 amide bonds. The largest absolute Gasteiger partial charge is 0.364 e. The van der Waals surface area contributed by atoms with Gasteiger partial charge in [0.2, 0.25) is 0 Å². The van der Waals surface area contributed by atoms with Crippen molar-refractivity contribution in [3.05, 3.63) is 22.7 Å². The third-order valence-corrected chi connectivity index (χ3v) is 3.24. The van der Waals surface area contributed by atoms with Crippen molar-refractivity contribution in [1.29, 1.82) is 0 Å². The molecule has 1 atom stereocenters. The van der Waals surface area contributed by atoms with Gasteiger partial charge in [0.15, 0.2) is 5.82 Å². The molecular weight excluding hydrogens is 228 g/mol. The summed E-state index contributed by atoms with van der Waals surface area (Å²) in [5.74, 6) is 0.445. The van der Waals surface area contributed by atoms with E-state index in [1.807, 2.05) is 20.8 Å². The van der Waals surface area contributed by atoms with E-state index in [2.05, 4.69) is 15.6 Å². The van der Waals surface area contributed by atoms with Crippen LogP contribution in [0.1, 0.15) is 33.6 Å². The Morgan fingerprint density at radius 2 is 2.33 bits per heavy atom. The lowest BCUT2D eigenvalue weighted by molar-refractivity contribution is 0.383. The summed E-state index contributed by atoms with van der Waals surface area (Å²) in [6.45, 7) is 7.86. The summed E-state index contributed by atoms with van der Waals surface area (Å²) in [5, 5.41) is 6.55. The summed E-state index contributed by atoms with van der Waals surface area (Å²) < 4.78 is 1.71. The molecule has 18 heavy (non-hydrogen) atoms. The van der Waals surface area contributed by atoms with Crippen LogP contribution < -0.4 is 16.2 Å². The Kier molecular flexibility index (Phi) is 3.71. The lowest BCUT2D eigenvalue weighted by Gasteiger charge is -2.22. The van der Waals surface area contributed by atoms with Crippen molar-refractivity contribution < 1.29 is 0 Å². The molecule has 0 aromatic carbocycles. The van der Waals surface area contributed by atoms with E-state index in [0.717, 1.165) is 19.5 Å². The highest BCUT2D eigenvalue weighted by atomic mass is 16.1. The number of nitrogens with one attached hydrogen (secondary N) is 2. The minimum absolute atomic E-state index is 0.0528. The zero-order valence-electron chi connectivity index (χ0n) is 11.4. The zero-order chi connectivity index (χ0) is 13.2. The summed E-state index contributed by atoms with van der Waals surface area (Å²) in [6, 6.07) is 0.453. The maximum Gasteiger partial charge on any atom is 0.293 e. The van der Waals surface area contributed by atoms with Gasteiger partial charge in [0.1, 0.15) is 0 Å². The molecule has 0 spiro atoms. The van der Waals surface area contributed by atoms with E-state index in [4.69, 9.17) is 0 Å². The predicted octanol–water partition coefficient (Wildman–Crippen LogP) is 1.16. The van der Waals surface area contributed by atoms with Gasteiger partial charge >= 0.3 is 0 Å². The van der Waals surface area contributed by atoms with Crippen LogP contribution in [0.3, 0.4) is 0 Å². The molecule has 1 aliphatic heterocycles. The summed E-state index contributed by atoms with van der Waals surface area (Å²) in [4.78, 5) is 16.4. The first-order valence-electron chi connectivity index (χ1n) is 6.54. The van der Waals surface area contributed by atoms with Crippen molar-refractivity contribution in [2.45, 2.75) is 45.2 Å². The maximum atomic E-state index is 12.2. The van der Waals surface area contributed by atoms with Gasteiger partial charge in [-0.15, -0.1) is 0 Å². The summed E-state index contributed by atoms with van der Waals surface area (Å²) in [7, 11) is 0. The normalized spacial score (nSPS) is 20.1. The molecule has 1 fully saturated rings. The summed E-state index contributed by atoms with van der Waals surface area (Å²) in [5.41, 5.74) is -0.273. The highest BCUT2D eigenvalue weighted by Gasteiger charge is 2.18. The van der Waals surface area contributed by atoms with Crippen molar-refractivity contribution in [2.24, 2.45) is 0 Å². The van der Waals surface area contributed by atoms with Gasteiger partial charge in [0, 0.05) is 30.5 Å². The molecule has 5 nitrogen and oxygen atoms in total. The van der Waals surface area contributed by atoms with Crippen molar-refractivity contribution >= 4 is 5.82 Å². The van der Waals surface area contributed by atoms with Gasteiger partial charge in [-0.2, -0.15) is 0 Å². The van der Waals surface area contributed by atoms with Crippen LogP contribution in [-0.4, -0.2) is 28.7 Å². The minimum atomic E-state index is -0.220. The van der Waals surface area contributed by atoms with Gasteiger partial charge in [-0.05, 0) is 40.2 Å². The van der Waals surface area contributed by atoms with E-state index >= 15 is 0 Å². The highest BCUT2D eigenvalue weighted by molar-refractivity contribution is 5.31. The number of rotatable bonds is 3. The molecule has 1 aromatic heterocycles. The number of hydrogen-bond acceptors (Lipinski definition) is 4. The van der Waals surface area contributed by atoms with Gasteiger partial charge in [-0.3, -0.25) is 4.79 Å². The average molecular weight is 250 g/mol. The van der Waals surface area contributed by atoms with Crippen LogP contribution in [0.5, 0.6) is 0 Å². The monoisotopic (exact) mass is 250 g/mol. The number of aromatic nitrogens is 2. The van der Waals surface area contributed by atoms with Crippen molar-refractivity contribution in [2.75, 3.05) is 18.4 Å². The molecule has 1 aromatic rings. The first-order chi connectivity index (χ1) is 8.48. The van der Waals surface area contributed by atoms with Crippen LogP contribution >= 0.6 is 0 Å². The SMILES string of the molecule is CC(C)(C)n1ccnc(NCC2CCCN2)c1=O. The van der Waals surface area contributed by atoms with Gasteiger partial charge in [-0.1, -0.05) is 0 Å². The molecule has 0 bridgehead atoms. The third kappa shape index (κ3) is 2.90. The first kappa shape index (κ1) is 13.1. The fraction of sp³-hybridized carbons (Fsp3) is 0.692. The number of anilines is 1. The first-order valence-corrected chi connectivity index (χ1v) is 6.54. The van der Waals surface area contributed by atoms with E-state index in [1.165, 1.54) is 6.42 Å². The molecule has 100 valence electrons. The second kappa shape index (κ2) is 5.10. The molecule has 1 unspecified atom stereocenters. The smallest absolute Gasteiger partial charge is 0.293 e. The Balaban J connectivity index is 2.11. The van der Waals surface area contributed by atoms with Crippen LogP contribution in [0.4, 0.5) is 5.82 Å². The van der Waals surface area contributed by atoms with Crippen molar-refractivity contribution in [3.8, 4) is 0 Å². The van der Waals surface area contributed by atoms with Crippen LogP contribution in [-0.2, 0) is 5.54 Å². The van der Waals surface area contributed by atoms with Gasteiger partial charge in [-0.25, -0.2) is 4.98 Å². The molecule has 0 radical (unpaired) electrons. The van der Waals surface area contributed by atoms with Crippen LogP contribution in [0.25, 0.3) is 0 Å². The van der Waals surface area contributed by atoms with Crippen LogP contribution in [0, 0.1) is 0 Å². The lowest BCUT2D eigenvalue weighted by Crippen LogP contribution is -2.37. The molecule has 2 N–H and O–H groups in total. The quantitative estimate of drug-likeness (QED) is 0.845. The Hall–Kier alpha value is -1.36. The highest BCUT2D eigenvalue weighted by Crippen LogP contribution is 2.11. The Bertz CT molecular complexity index is 455. The zero-order valence-corrected chi connectivity index (χ0v) is 11.4. The molecule has 5 heteroatoms. The van der Waals surface area contributed by atoms with Crippen LogP contribution in [0.15, 0.2) is 17.2 Å². The fourth-order valence-electron chi connectivity index (χ4n) is 2.21. The van der Waals surface area contributed by atoms with E-state index in [9.17, 15) is 4.79 Å². The van der Waals surface area contributed by atoms with Gasteiger partial charge in [0.05, 0.1) is 0 Å². The third-order valence-electron chi connectivity index (χ3n) is 3.24. The minimum Gasteiger partial charge on any atom is -0.364 e. The van der Waals surface area contributed by atoms with Crippen molar-refractivity contribution in [3.63, 3.8) is 0 Å². The number of hydrogen-bond donors (Lipinski definition) is 2. The number of nitrogens with zero attached hydrogens (tertiary/aromatic N) is 2. The van der Waals surface area contributed by atoms with Crippen molar-refractivity contribution in [1.82, 2.24) is 14.9 Å². The average Bonchev–Trinajstić information content (AvgIpc) is 2.79. The van der Waals surface area contributed by atoms with E-state index in [-0.39, 0.29) is 11.1 Å². The second-order valence-corrected chi connectivity index (χ2v) is 5.80. The summed E-state index contributed by atoms with van der Waals surface area (Å²) in [6.07, 6.45) is 5.78. The molecule has 0 saturated carbocycles. The lowest BCUT2D eigenvalue weighted by atomic mass is 10.1. The van der Waals surface area contributed by atoms with Gasteiger partial charge in [0.25, 0.3) is 5.56 Å². The fourth-order valence-corrected chi connectivity index (χ4v) is 2.21.